The van der Waals surface area contributed by atoms with Gasteiger partial charge in [-0.25, -0.2) is 0 Å². The Hall–Kier alpha value is -1.21. The molecule has 0 saturated carbocycles. The Morgan fingerprint density at radius 1 is 1.30 bits per heavy atom. The molecule has 0 aliphatic carbocycles. The van der Waals surface area contributed by atoms with Gasteiger partial charge in [0.25, 0.3) is 5.96 Å². The number of rotatable bonds is 3. The van der Waals surface area contributed by atoms with E-state index in [1.54, 1.807) is 0 Å². The first-order valence-electron chi connectivity index (χ1n) is 5.69. The topological polar surface area (TPSA) is 55.0 Å². The van der Waals surface area contributed by atoms with Crippen molar-refractivity contribution < 1.29 is 29.8 Å². The molecule has 0 fully saturated rings. The summed E-state index contributed by atoms with van der Waals surface area (Å²) in [6.07, 6.45) is 2.32. The van der Waals surface area contributed by atoms with E-state index in [1.165, 1.54) is 6.42 Å². The number of unbranched alkanes of at least 4 members (excludes halogenated alkanes) is 1. The number of nitrogens with zero attached hydrogens (tertiary/aromatic N) is 5. The average Bonchev–Trinajstić information content (AvgIpc) is 2.54. The van der Waals surface area contributed by atoms with Gasteiger partial charge >= 0.3 is 33.0 Å². The van der Waals surface area contributed by atoms with Gasteiger partial charge in [0.15, 0.2) is 0 Å². The van der Waals surface area contributed by atoms with E-state index < -0.39 is 7.81 Å². The first-order valence-corrected chi connectivity index (χ1v) is 7.72. The maximum atomic E-state index is 9.87. The van der Waals surface area contributed by atoms with Crippen LogP contribution in [-0.2, 0) is 0 Å². The van der Waals surface area contributed by atoms with E-state index in [0.717, 1.165) is 32.0 Å². The van der Waals surface area contributed by atoms with Gasteiger partial charge in [-0.15, -0.1) is 0 Å². The van der Waals surface area contributed by atoms with E-state index in [1.807, 2.05) is 11.6 Å². The molecule has 5 nitrogen and oxygen atoms in total. The van der Waals surface area contributed by atoms with Gasteiger partial charge in [-0.1, -0.05) is 13.3 Å². The molecule has 0 aromatic carbocycles. The van der Waals surface area contributed by atoms with E-state index >= 15 is 0 Å². The SMILES string of the molecule is CCCCN1CC[N+](C)=C1N=[N+]=[N-].F[P-](F)(F)(F)(F)F. The van der Waals surface area contributed by atoms with Crippen LogP contribution < -0.4 is 0 Å². The summed E-state index contributed by atoms with van der Waals surface area (Å²) >= 11 is 0. The molecule has 1 rings (SSSR count). The van der Waals surface area contributed by atoms with Crippen LogP contribution in [0.5, 0.6) is 0 Å². The van der Waals surface area contributed by atoms with Crippen molar-refractivity contribution >= 4 is 13.8 Å². The van der Waals surface area contributed by atoms with E-state index in [4.69, 9.17) is 5.53 Å². The van der Waals surface area contributed by atoms with E-state index in [-0.39, 0.29) is 0 Å². The molecular weight excluding hydrogens is 311 g/mol. The molecule has 0 N–H and O–H groups in total. The second kappa shape index (κ2) is 5.65. The van der Waals surface area contributed by atoms with Gasteiger partial charge in [-0.2, -0.15) is 0 Å². The molecule has 1 aliphatic heterocycles. The summed E-state index contributed by atoms with van der Waals surface area (Å²) in [5, 5.41) is 3.69. The van der Waals surface area contributed by atoms with Crippen LogP contribution in [-0.4, -0.2) is 42.1 Å². The zero-order chi connectivity index (χ0) is 16.1. The molecule has 20 heavy (non-hydrogen) atoms. The summed E-state index contributed by atoms with van der Waals surface area (Å²) in [4.78, 5) is 4.97. The monoisotopic (exact) mass is 327 g/mol. The van der Waals surface area contributed by atoms with Crippen LogP contribution in [0.2, 0.25) is 0 Å². The molecule has 0 spiro atoms. The molecule has 0 radical (unpaired) electrons. The van der Waals surface area contributed by atoms with Gasteiger partial charge in [0.05, 0.1) is 26.7 Å². The maximum absolute atomic E-state index is 10.7. The quantitative estimate of drug-likeness (QED) is 0.184. The van der Waals surface area contributed by atoms with Crippen molar-refractivity contribution in [2.45, 2.75) is 19.8 Å². The number of halogens is 6. The second-order valence-corrected chi connectivity index (χ2v) is 6.13. The van der Waals surface area contributed by atoms with Crippen molar-refractivity contribution in [2.24, 2.45) is 5.11 Å². The molecule has 120 valence electrons. The van der Waals surface area contributed by atoms with Gasteiger partial charge in [-0.3, -0.25) is 9.48 Å². The molecule has 0 saturated heterocycles. The molecular formula is C8H16F6N5P. The number of azide groups is 1. The summed E-state index contributed by atoms with van der Waals surface area (Å²) in [6.45, 7) is 5.09. The van der Waals surface area contributed by atoms with Crippen LogP contribution in [0.1, 0.15) is 19.8 Å². The Kier molecular flexibility index (Phi) is 5.31. The Morgan fingerprint density at radius 3 is 2.20 bits per heavy atom. The normalized spacial score (nSPS) is 18.7. The number of hydrogen-bond donors (Lipinski definition) is 0. The van der Waals surface area contributed by atoms with Crippen LogP contribution in [0, 0.1) is 0 Å². The standard InChI is InChI=1S/C8H16N5.F6P/c1-3-4-5-13-7-6-12(2)8(13)10-11-9;1-7(2,3,4,5)6/h3-7H2,1-2H3;/q+1;-1. The van der Waals surface area contributed by atoms with Crippen molar-refractivity contribution in [2.75, 3.05) is 26.7 Å². The van der Waals surface area contributed by atoms with Gasteiger partial charge in [0.2, 0.25) is 0 Å². The van der Waals surface area contributed by atoms with Crippen LogP contribution in [0.25, 0.3) is 10.4 Å². The molecule has 0 bridgehead atoms. The molecule has 0 aromatic heterocycles. The fourth-order valence-electron chi connectivity index (χ4n) is 1.45. The summed E-state index contributed by atoms with van der Waals surface area (Å²) in [6, 6.07) is 0. The number of hydrogen-bond acceptors (Lipinski definition) is 2. The summed E-state index contributed by atoms with van der Waals surface area (Å²) < 4.78 is 61.2. The fraction of sp³-hybridized carbons (Fsp3) is 0.875. The van der Waals surface area contributed by atoms with Crippen LogP contribution >= 0.6 is 7.81 Å². The fourth-order valence-corrected chi connectivity index (χ4v) is 1.45. The molecule has 0 amide bonds. The third-order valence-electron chi connectivity index (χ3n) is 2.25. The van der Waals surface area contributed by atoms with Gasteiger partial charge in [0.1, 0.15) is 0 Å². The molecule has 0 atom stereocenters. The summed E-state index contributed by atoms with van der Waals surface area (Å²) in [5.74, 6) is 0.774. The van der Waals surface area contributed by atoms with E-state index in [0.29, 0.717) is 0 Å². The van der Waals surface area contributed by atoms with Gasteiger partial charge < -0.3 is 0 Å². The Bertz CT molecular complexity index is 412. The van der Waals surface area contributed by atoms with Crippen molar-refractivity contribution in [1.29, 1.82) is 0 Å². The van der Waals surface area contributed by atoms with Crippen molar-refractivity contribution in [1.82, 2.24) is 4.90 Å². The molecule has 1 heterocycles. The van der Waals surface area contributed by atoms with E-state index in [9.17, 15) is 25.2 Å². The van der Waals surface area contributed by atoms with Crippen LogP contribution in [0.15, 0.2) is 5.11 Å². The first kappa shape index (κ1) is 18.8. The molecule has 1 aliphatic rings. The minimum absolute atomic E-state index is 0.774. The Balaban J connectivity index is 0.000000441. The Labute approximate surface area is 111 Å². The number of guanidine groups is 1. The van der Waals surface area contributed by atoms with Crippen LogP contribution in [0.4, 0.5) is 25.2 Å². The van der Waals surface area contributed by atoms with Gasteiger partial charge in [0, 0.05) is 10.0 Å². The molecule has 12 heteroatoms. The predicted octanol–water partition coefficient (Wildman–Crippen LogP) is 4.79. The summed E-state index contributed by atoms with van der Waals surface area (Å²) in [5.41, 5.74) is 8.37. The first-order chi connectivity index (χ1) is 8.74. The molecule has 0 unspecified atom stereocenters. The zero-order valence-electron chi connectivity index (χ0n) is 11.0. The third-order valence-corrected chi connectivity index (χ3v) is 2.25. The summed E-state index contributed by atoms with van der Waals surface area (Å²) in [7, 11) is -8.70. The second-order valence-electron chi connectivity index (χ2n) is 4.21. The third kappa shape index (κ3) is 11.9. The van der Waals surface area contributed by atoms with E-state index in [2.05, 4.69) is 21.8 Å². The number of likely N-dealkylation sites (N-methyl/N-ethyl adjacent to an activating group) is 1. The molecule has 0 aromatic rings. The predicted molar refractivity (Wildman–Crippen MR) is 65.3 cm³/mol. The van der Waals surface area contributed by atoms with Crippen molar-refractivity contribution in [3.05, 3.63) is 10.4 Å². The average molecular weight is 327 g/mol. The Morgan fingerprint density at radius 2 is 1.80 bits per heavy atom. The van der Waals surface area contributed by atoms with Crippen molar-refractivity contribution in [3.8, 4) is 0 Å². The van der Waals surface area contributed by atoms with Crippen molar-refractivity contribution in [3.63, 3.8) is 0 Å². The van der Waals surface area contributed by atoms with Gasteiger partial charge in [-0.05, 0) is 12.0 Å². The zero-order valence-corrected chi connectivity index (χ0v) is 11.9. The minimum atomic E-state index is -10.7. The van der Waals surface area contributed by atoms with Crippen LogP contribution in [0.3, 0.4) is 0 Å².